The number of halogens is 1. The van der Waals surface area contributed by atoms with Crippen LogP contribution in [0.2, 0.25) is 5.02 Å². The van der Waals surface area contributed by atoms with Crippen molar-refractivity contribution in [3.63, 3.8) is 0 Å². The van der Waals surface area contributed by atoms with E-state index in [0.29, 0.717) is 16.5 Å². The average molecular weight is 318 g/mol. The molecule has 0 aromatic heterocycles. The number of ether oxygens (including phenoxy) is 1. The molecule has 6 nitrogen and oxygen atoms in total. The van der Waals surface area contributed by atoms with Crippen LogP contribution in [0.25, 0.3) is 0 Å². The molecular weight excluding hydrogens is 302 g/mol. The minimum atomic E-state index is -0.331. The number of hydrazine groups is 1. The van der Waals surface area contributed by atoms with E-state index in [-0.39, 0.29) is 23.3 Å². The summed E-state index contributed by atoms with van der Waals surface area (Å²) in [6, 6.07) is 3.37. The minimum Gasteiger partial charge on any atom is -0.495 e. The number of aryl methyl sites for hydroxylation is 1. The molecule has 8 heteroatoms. The van der Waals surface area contributed by atoms with Gasteiger partial charge in [0.1, 0.15) is 5.75 Å². The van der Waals surface area contributed by atoms with Crippen molar-refractivity contribution in [3.05, 3.63) is 22.7 Å². The smallest absolute Gasteiger partial charge is 0.243 e. The van der Waals surface area contributed by atoms with E-state index in [1.54, 1.807) is 12.1 Å². The van der Waals surface area contributed by atoms with Gasteiger partial charge in [-0.05, 0) is 18.6 Å². The number of carbonyl (C=O) groups excluding carboxylic acids is 2. The van der Waals surface area contributed by atoms with Crippen LogP contribution in [-0.2, 0) is 9.59 Å². The molecule has 110 valence electrons. The molecule has 1 rings (SSSR count). The second-order valence-corrected chi connectivity index (χ2v) is 5.30. The fourth-order valence-corrected chi connectivity index (χ4v) is 2.18. The van der Waals surface area contributed by atoms with Crippen molar-refractivity contribution < 1.29 is 14.3 Å². The third kappa shape index (κ3) is 4.92. The predicted molar refractivity (Wildman–Crippen MR) is 81.0 cm³/mol. The van der Waals surface area contributed by atoms with Crippen LogP contribution in [0, 0.1) is 6.92 Å². The van der Waals surface area contributed by atoms with Crippen LogP contribution in [-0.4, -0.2) is 30.4 Å². The molecule has 4 N–H and O–H groups in total. The van der Waals surface area contributed by atoms with Crippen LogP contribution >= 0.6 is 23.4 Å². The fraction of sp³-hybridized carbons (Fsp3) is 0.333. The van der Waals surface area contributed by atoms with Crippen LogP contribution in [0.1, 0.15) is 5.56 Å². The fourth-order valence-electron chi connectivity index (χ4n) is 1.39. The van der Waals surface area contributed by atoms with Gasteiger partial charge in [-0.1, -0.05) is 11.6 Å². The number of benzene rings is 1. The number of rotatable bonds is 6. The zero-order valence-corrected chi connectivity index (χ0v) is 12.7. The van der Waals surface area contributed by atoms with E-state index in [1.807, 2.05) is 12.3 Å². The lowest BCUT2D eigenvalue weighted by Gasteiger charge is -2.12. The van der Waals surface area contributed by atoms with Crippen LogP contribution < -0.4 is 21.3 Å². The summed E-state index contributed by atoms with van der Waals surface area (Å²) in [5.41, 5.74) is 3.37. The SMILES string of the molecule is COc1cc(Cl)c(C)cc1NC(=O)CSCC(=O)NN. The Bertz CT molecular complexity index is 511. The Labute approximate surface area is 126 Å². The minimum absolute atomic E-state index is 0.126. The topological polar surface area (TPSA) is 93.4 Å². The Kier molecular flexibility index (Phi) is 6.63. The second-order valence-electron chi connectivity index (χ2n) is 3.91. The maximum Gasteiger partial charge on any atom is 0.243 e. The first-order valence-corrected chi connectivity index (χ1v) is 7.22. The summed E-state index contributed by atoms with van der Waals surface area (Å²) in [5, 5.41) is 3.28. The van der Waals surface area contributed by atoms with E-state index in [4.69, 9.17) is 22.2 Å². The van der Waals surface area contributed by atoms with Crippen molar-refractivity contribution in [3.8, 4) is 5.75 Å². The first-order chi connectivity index (χ1) is 9.47. The lowest BCUT2D eigenvalue weighted by Crippen LogP contribution is -2.32. The van der Waals surface area contributed by atoms with Crippen molar-refractivity contribution in [2.75, 3.05) is 23.9 Å². The Hall–Kier alpha value is -1.44. The molecule has 0 aliphatic heterocycles. The van der Waals surface area contributed by atoms with Crippen LogP contribution in [0.4, 0.5) is 5.69 Å². The first kappa shape index (κ1) is 16.6. The third-order valence-electron chi connectivity index (χ3n) is 2.38. The Morgan fingerprint density at radius 2 is 2.00 bits per heavy atom. The van der Waals surface area contributed by atoms with E-state index < -0.39 is 0 Å². The molecular formula is C12H16ClN3O3S. The van der Waals surface area contributed by atoms with Gasteiger partial charge in [-0.25, -0.2) is 5.84 Å². The molecule has 0 atom stereocenters. The van der Waals surface area contributed by atoms with E-state index in [2.05, 4.69) is 5.32 Å². The highest BCUT2D eigenvalue weighted by atomic mass is 35.5. The molecule has 0 aliphatic rings. The molecule has 20 heavy (non-hydrogen) atoms. The molecule has 2 amide bonds. The number of amides is 2. The van der Waals surface area contributed by atoms with Crippen LogP contribution in [0.15, 0.2) is 12.1 Å². The summed E-state index contributed by atoms with van der Waals surface area (Å²) >= 11 is 7.15. The van der Waals surface area contributed by atoms with Gasteiger partial charge in [-0.3, -0.25) is 15.0 Å². The summed E-state index contributed by atoms with van der Waals surface area (Å²) in [6.45, 7) is 1.83. The molecule has 1 aromatic carbocycles. The van der Waals surface area contributed by atoms with Gasteiger partial charge in [0, 0.05) is 11.1 Å². The monoisotopic (exact) mass is 317 g/mol. The molecule has 1 aromatic rings. The van der Waals surface area contributed by atoms with Crippen LogP contribution in [0.3, 0.4) is 0 Å². The number of hydrogen-bond acceptors (Lipinski definition) is 5. The van der Waals surface area contributed by atoms with E-state index in [1.165, 1.54) is 7.11 Å². The average Bonchev–Trinajstić information content (AvgIpc) is 2.42. The molecule has 0 radical (unpaired) electrons. The quantitative estimate of drug-likeness (QED) is 0.418. The first-order valence-electron chi connectivity index (χ1n) is 5.69. The van der Waals surface area contributed by atoms with Crippen molar-refractivity contribution in [2.45, 2.75) is 6.92 Å². The van der Waals surface area contributed by atoms with Crippen molar-refractivity contribution >= 4 is 40.9 Å². The number of hydrogen-bond donors (Lipinski definition) is 3. The maximum absolute atomic E-state index is 11.8. The highest BCUT2D eigenvalue weighted by molar-refractivity contribution is 8.00. The van der Waals surface area contributed by atoms with Gasteiger partial charge in [0.15, 0.2) is 0 Å². The molecule has 0 spiro atoms. The molecule has 0 heterocycles. The Morgan fingerprint density at radius 1 is 1.35 bits per heavy atom. The van der Waals surface area contributed by atoms with Gasteiger partial charge in [0.25, 0.3) is 0 Å². The van der Waals surface area contributed by atoms with Gasteiger partial charge in [0.05, 0.1) is 24.3 Å². The summed E-state index contributed by atoms with van der Waals surface area (Å²) in [4.78, 5) is 22.7. The zero-order valence-electron chi connectivity index (χ0n) is 11.2. The van der Waals surface area contributed by atoms with Crippen molar-refractivity contribution in [1.29, 1.82) is 0 Å². The second kappa shape index (κ2) is 7.98. The summed E-state index contributed by atoms with van der Waals surface area (Å²) in [7, 11) is 1.50. The maximum atomic E-state index is 11.8. The van der Waals surface area contributed by atoms with Crippen LogP contribution in [0.5, 0.6) is 5.75 Å². The summed E-state index contributed by atoms with van der Waals surface area (Å²) in [5.74, 6) is 5.12. The number of nitrogens with two attached hydrogens (primary N) is 1. The number of nitrogens with one attached hydrogen (secondary N) is 2. The summed E-state index contributed by atoms with van der Waals surface area (Å²) in [6.07, 6.45) is 0. The number of methoxy groups -OCH3 is 1. The third-order valence-corrected chi connectivity index (χ3v) is 3.72. The molecule has 0 fully saturated rings. The lowest BCUT2D eigenvalue weighted by molar-refractivity contribution is -0.118. The number of anilines is 1. The van der Waals surface area contributed by atoms with E-state index >= 15 is 0 Å². The predicted octanol–water partition coefficient (Wildman–Crippen LogP) is 1.32. The van der Waals surface area contributed by atoms with Gasteiger partial charge in [0.2, 0.25) is 11.8 Å². The van der Waals surface area contributed by atoms with E-state index in [9.17, 15) is 9.59 Å². The van der Waals surface area contributed by atoms with E-state index in [0.717, 1.165) is 17.3 Å². The van der Waals surface area contributed by atoms with Gasteiger partial charge in [-0.15, -0.1) is 11.8 Å². The van der Waals surface area contributed by atoms with Crippen molar-refractivity contribution in [2.24, 2.45) is 5.84 Å². The van der Waals surface area contributed by atoms with Crippen molar-refractivity contribution in [1.82, 2.24) is 5.43 Å². The zero-order chi connectivity index (χ0) is 15.1. The molecule has 0 bridgehead atoms. The lowest BCUT2D eigenvalue weighted by atomic mass is 10.2. The Morgan fingerprint density at radius 3 is 2.60 bits per heavy atom. The molecule has 0 saturated heterocycles. The number of thioether (sulfide) groups is 1. The van der Waals surface area contributed by atoms with Gasteiger partial charge in [-0.2, -0.15) is 0 Å². The van der Waals surface area contributed by atoms with Gasteiger partial charge >= 0.3 is 0 Å². The highest BCUT2D eigenvalue weighted by Gasteiger charge is 2.11. The molecule has 0 unspecified atom stereocenters. The standard InChI is InChI=1S/C12H16ClN3O3S/c1-7-3-9(10(19-2)4-8(7)13)15-11(17)5-20-6-12(18)16-14/h3-4H,5-6,14H2,1-2H3,(H,15,17)(H,16,18). The Balaban J connectivity index is 2.61. The van der Waals surface area contributed by atoms with Gasteiger partial charge < -0.3 is 10.1 Å². The number of carbonyl (C=O) groups is 2. The highest BCUT2D eigenvalue weighted by Crippen LogP contribution is 2.30. The summed E-state index contributed by atoms with van der Waals surface area (Å²) < 4.78 is 5.16. The largest absolute Gasteiger partial charge is 0.495 e. The molecule has 0 aliphatic carbocycles. The molecule has 0 saturated carbocycles. The normalized spacial score (nSPS) is 10.0.